The molecule has 2 aromatic carbocycles. The van der Waals surface area contributed by atoms with E-state index in [1.165, 1.54) is 22.3 Å². The van der Waals surface area contributed by atoms with Gasteiger partial charge in [-0.2, -0.15) is 4.98 Å². The van der Waals surface area contributed by atoms with Crippen LogP contribution in [0.3, 0.4) is 0 Å². The van der Waals surface area contributed by atoms with E-state index in [1.54, 1.807) is 7.11 Å². The Hall–Kier alpha value is -3.34. The lowest BCUT2D eigenvalue weighted by atomic mass is 10.1. The molecular weight excluding hydrogens is 408 g/mol. The molecule has 1 heterocycles. The second-order valence-electron chi connectivity index (χ2n) is 8.83. The van der Waals surface area contributed by atoms with Gasteiger partial charge in [0.15, 0.2) is 0 Å². The van der Waals surface area contributed by atoms with E-state index in [9.17, 15) is 0 Å². The third-order valence-corrected chi connectivity index (χ3v) is 5.87. The number of nitrogens with zero attached hydrogens (tertiary/aromatic N) is 3. The fraction of sp³-hybridized carbons (Fsp3) is 0.357. The highest BCUT2D eigenvalue weighted by atomic mass is 16.5. The second-order valence-corrected chi connectivity index (χ2v) is 8.83. The number of fused-ring (bicyclic) bond motifs is 1. The number of aryl methyl sites for hydroxylation is 2. The third kappa shape index (κ3) is 6.35. The number of anilines is 3. The highest BCUT2D eigenvalue weighted by Gasteiger charge is 2.14. The van der Waals surface area contributed by atoms with Crippen LogP contribution >= 0.6 is 0 Å². The normalized spacial score (nSPS) is 11.4. The fourth-order valence-corrected chi connectivity index (χ4v) is 3.64. The number of benzene rings is 2. The monoisotopic (exact) mass is 444 g/mol. The molecule has 3 aromatic rings. The first-order valence-corrected chi connectivity index (χ1v) is 11.5. The minimum atomic E-state index is 0.634. The highest BCUT2D eigenvalue weighted by molar-refractivity contribution is 5.93. The first kappa shape index (κ1) is 24.3. The summed E-state index contributed by atoms with van der Waals surface area (Å²) in [5, 5.41) is 4.44. The molecule has 5 heteroatoms. The molecule has 0 saturated carbocycles. The molecule has 0 amide bonds. The maximum absolute atomic E-state index is 5.31. The van der Waals surface area contributed by atoms with Crippen LogP contribution in [0.15, 0.2) is 59.7 Å². The molecule has 1 N–H and O–H groups in total. The first-order valence-electron chi connectivity index (χ1n) is 11.5. The van der Waals surface area contributed by atoms with Crippen LogP contribution in [0.5, 0.6) is 5.75 Å². The van der Waals surface area contributed by atoms with E-state index in [0.717, 1.165) is 41.0 Å². The lowest BCUT2D eigenvalue weighted by molar-refractivity contribution is 0.415. The number of rotatable bonds is 9. The first-order chi connectivity index (χ1) is 15.8. The molecule has 0 atom stereocenters. The number of aromatic nitrogens is 2. The summed E-state index contributed by atoms with van der Waals surface area (Å²) in [7, 11) is 3.72. The largest absolute Gasteiger partial charge is 0.497 e. The van der Waals surface area contributed by atoms with Crippen LogP contribution in [0.25, 0.3) is 10.9 Å². The molecule has 0 fully saturated rings. The molecular formula is C28H36N4O. The number of methoxy groups -OCH3 is 1. The van der Waals surface area contributed by atoms with Crippen LogP contribution in [-0.2, 0) is 0 Å². The van der Waals surface area contributed by atoms with Crippen molar-refractivity contribution >= 4 is 28.4 Å². The van der Waals surface area contributed by atoms with E-state index >= 15 is 0 Å². The molecule has 0 unspecified atom stereocenters. The van der Waals surface area contributed by atoms with Crippen molar-refractivity contribution in [2.75, 3.05) is 30.9 Å². The molecule has 3 rings (SSSR count). The standard InChI is InChI=1S/C28H36N4O/c1-19(2)9-8-10-20(3)15-16-29-28-30-26-18-22(5)21(4)17-25(26)27(31-28)32(6)23-11-13-24(33-7)14-12-23/h9,11-15,17-18H,8,10,16H2,1-7H3,(H,29,30,31)/b20-15+. The van der Waals surface area contributed by atoms with Gasteiger partial charge in [-0.1, -0.05) is 23.3 Å². The molecule has 1 aromatic heterocycles. The van der Waals surface area contributed by atoms with Crippen molar-refractivity contribution in [2.45, 2.75) is 47.5 Å². The summed E-state index contributed by atoms with van der Waals surface area (Å²) in [6.07, 6.45) is 6.64. The minimum absolute atomic E-state index is 0.634. The summed E-state index contributed by atoms with van der Waals surface area (Å²) in [5.74, 6) is 2.34. The summed E-state index contributed by atoms with van der Waals surface area (Å²) >= 11 is 0. The molecule has 0 aliphatic rings. The summed E-state index contributed by atoms with van der Waals surface area (Å²) in [4.78, 5) is 11.8. The van der Waals surface area contributed by atoms with Crippen molar-refractivity contribution in [1.82, 2.24) is 9.97 Å². The zero-order chi connectivity index (χ0) is 24.0. The molecule has 33 heavy (non-hydrogen) atoms. The fourth-order valence-electron chi connectivity index (χ4n) is 3.64. The average Bonchev–Trinajstić information content (AvgIpc) is 2.79. The molecule has 0 aliphatic carbocycles. The lowest BCUT2D eigenvalue weighted by Crippen LogP contribution is -2.14. The van der Waals surface area contributed by atoms with Gasteiger partial charge in [0.2, 0.25) is 5.95 Å². The van der Waals surface area contributed by atoms with E-state index in [1.807, 2.05) is 31.3 Å². The van der Waals surface area contributed by atoms with Crippen molar-refractivity contribution in [3.8, 4) is 5.75 Å². The number of ether oxygens (including phenoxy) is 1. The van der Waals surface area contributed by atoms with Crippen LogP contribution in [0.1, 0.15) is 44.7 Å². The smallest absolute Gasteiger partial charge is 0.225 e. The average molecular weight is 445 g/mol. The zero-order valence-electron chi connectivity index (χ0n) is 21.0. The number of hydrogen-bond acceptors (Lipinski definition) is 5. The lowest BCUT2D eigenvalue weighted by Gasteiger charge is -2.21. The Bertz CT molecular complexity index is 1160. The van der Waals surface area contributed by atoms with Gasteiger partial charge in [0.25, 0.3) is 0 Å². The predicted molar refractivity (Wildman–Crippen MR) is 141 cm³/mol. The maximum atomic E-state index is 5.31. The Kier molecular flexibility index (Phi) is 8.10. The number of allylic oxidation sites excluding steroid dienone is 3. The van der Waals surface area contributed by atoms with Gasteiger partial charge in [0.05, 0.1) is 12.6 Å². The summed E-state index contributed by atoms with van der Waals surface area (Å²) < 4.78 is 5.31. The van der Waals surface area contributed by atoms with Gasteiger partial charge >= 0.3 is 0 Å². The summed E-state index contributed by atoms with van der Waals surface area (Å²) in [6, 6.07) is 12.3. The summed E-state index contributed by atoms with van der Waals surface area (Å²) in [6.45, 7) is 11.4. The summed E-state index contributed by atoms with van der Waals surface area (Å²) in [5.41, 5.74) is 7.16. The molecule has 0 bridgehead atoms. The predicted octanol–water partition coefficient (Wildman–Crippen LogP) is 7.13. The molecule has 0 aliphatic heterocycles. The van der Waals surface area contributed by atoms with Crippen LogP contribution < -0.4 is 15.0 Å². The Morgan fingerprint density at radius 3 is 2.36 bits per heavy atom. The van der Waals surface area contributed by atoms with Gasteiger partial charge in [-0.15, -0.1) is 0 Å². The van der Waals surface area contributed by atoms with Gasteiger partial charge in [0.1, 0.15) is 11.6 Å². The SMILES string of the molecule is COc1ccc(N(C)c2nc(NC/C=C(\C)CCC=C(C)C)nc3cc(C)c(C)cc23)cc1. The Morgan fingerprint density at radius 2 is 1.70 bits per heavy atom. The van der Waals surface area contributed by atoms with Crippen LogP contribution in [0.4, 0.5) is 17.5 Å². The number of hydrogen-bond donors (Lipinski definition) is 1. The van der Waals surface area contributed by atoms with Crippen molar-refractivity contribution in [3.63, 3.8) is 0 Å². The highest BCUT2D eigenvalue weighted by Crippen LogP contribution is 2.32. The molecule has 5 nitrogen and oxygen atoms in total. The van der Waals surface area contributed by atoms with Crippen molar-refractivity contribution < 1.29 is 4.74 Å². The topological polar surface area (TPSA) is 50.3 Å². The van der Waals surface area contributed by atoms with E-state index in [4.69, 9.17) is 14.7 Å². The second kappa shape index (κ2) is 11.0. The molecule has 0 saturated heterocycles. The Morgan fingerprint density at radius 1 is 1.00 bits per heavy atom. The van der Waals surface area contributed by atoms with Gasteiger partial charge in [0, 0.05) is 24.7 Å². The number of nitrogens with one attached hydrogen (secondary N) is 1. The molecule has 0 spiro atoms. The Labute approximate surface area is 198 Å². The quantitative estimate of drug-likeness (QED) is 0.356. The van der Waals surface area contributed by atoms with E-state index in [-0.39, 0.29) is 0 Å². The zero-order valence-corrected chi connectivity index (χ0v) is 21.0. The minimum Gasteiger partial charge on any atom is -0.497 e. The van der Waals surface area contributed by atoms with E-state index in [0.29, 0.717) is 12.5 Å². The molecule has 0 radical (unpaired) electrons. The van der Waals surface area contributed by atoms with Crippen LogP contribution in [0.2, 0.25) is 0 Å². The van der Waals surface area contributed by atoms with Gasteiger partial charge in [-0.25, -0.2) is 4.98 Å². The van der Waals surface area contributed by atoms with E-state index in [2.05, 4.69) is 69.1 Å². The van der Waals surface area contributed by atoms with Crippen molar-refractivity contribution in [1.29, 1.82) is 0 Å². The van der Waals surface area contributed by atoms with Gasteiger partial charge < -0.3 is 15.0 Å². The van der Waals surface area contributed by atoms with Crippen molar-refractivity contribution in [2.24, 2.45) is 0 Å². The Balaban J connectivity index is 1.90. The van der Waals surface area contributed by atoms with Crippen LogP contribution in [-0.4, -0.2) is 30.7 Å². The molecule has 174 valence electrons. The van der Waals surface area contributed by atoms with E-state index < -0.39 is 0 Å². The van der Waals surface area contributed by atoms with Gasteiger partial charge in [-0.05, 0) is 95.0 Å². The van der Waals surface area contributed by atoms with Crippen LogP contribution in [0, 0.1) is 13.8 Å². The van der Waals surface area contributed by atoms with Gasteiger partial charge in [-0.3, -0.25) is 0 Å². The maximum Gasteiger partial charge on any atom is 0.225 e. The van der Waals surface area contributed by atoms with Crippen molar-refractivity contribution in [3.05, 3.63) is 70.8 Å². The third-order valence-electron chi connectivity index (χ3n) is 5.87.